The number of carbonyl (C=O) groups excluding carboxylic acids is 1. The van der Waals surface area contributed by atoms with Crippen molar-refractivity contribution >= 4 is 11.7 Å². The molecule has 0 atom stereocenters. The van der Waals surface area contributed by atoms with Gasteiger partial charge in [-0.3, -0.25) is 14.6 Å². The number of hydrogen-bond donors (Lipinski definition) is 2. The Morgan fingerprint density at radius 3 is 2.59 bits per heavy atom. The molecule has 27 heavy (non-hydrogen) atoms. The van der Waals surface area contributed by atoms with Gasteiger partial charge in [-0.2, -0.15) is 9.78 Å². The van der Waals surface area contributed by atoms with Crippen LogP contribution in [0.25, 0.3) is 5.95 Å². The molecule has 0 radical (unpaired) electrons. The Morgan fingerprint density at radius 1 is 1.26 bits per heavy atom. The number of benzene rings is 1. The lowest BCUT2D eigenvalue weighted by Gasteiger charge is -2.09. The number of rotatable bonds is 4. The first-order chi connectivity index (χ1) is 12.9. The molecule has 7 nitrogen and oxygen atoms in total. The first-order valence-electron chi connectivity index (χ1n) is 8.67. The van der Waals surface area contributed by atoms with Gasteiger partial charge >= 0.3 is 0 Å². The zero-order valence-corrected chi connectivity index (χ0v) is 14.9. The van der Waals surface area contributed by atoms with Gasteiger partial charge in [0.05, 0.1) is 5.69 Å². The predicted molar refractivity (Wildman–Crippen MR) is 97.8 cm³/mol. The van der Waals surface area contributed by atoms with Crippen molar-refractivity contribution in [2.45, 2.75) is 32.6 Å². The number of hydrogen-bond acceptors (Lipinski definition) is 4. The van der Waals surface area contributed by atoms with Crippen molar-refractivity contribution < 1.29 is 9.18 Å². The van der Waals surface area contributed by atoms with E-state index >= 15 is 0 Å². The number of H-pyrrole nitrogens is 1. The summed E-state index contributed by atoms with van der Waals surface area (Å²) in [7, 11) is 0. The number of halogens is 1. The number of anilines is 1. The van der Waals surface area contributed by atoms with Gasteiger partial charge in [-0.25, -0.2) is 9.37 Å². The third kappa shape index (κ3) is 3.38. The lowest BCUT2D eigenvalue weighted by atomic mass is 10.2. The van der Waals surface area contributed by atoms with Gasteiger partial charge in [0.2, 0.25) is 5.95 Å². The van der Waals surface area contributed by atoms with Crippen LogP contribution in [0.15, 0.2) is 35.1 Å². The fourth-order valence-electron chi connectivity index (χ4n) is 2.75. The van der Waals surface area contributed by atoms with E-state index < -0.39 is 11.7 Å². The predicted octanol–water partition coefficient (Wildman–Crippen LogP) is 2.84. The van der Waals surface area contributed by atoms with Crippen LogP contribution < -0.4 is 10.9 Å². The van der Waals surface area contributed by atoms with Gasteiger partial charge < -0.3 is 5.32 Å². The van der Waals surface area contributed by atoms with Crippen molar-refractivity contribution in [1.29, 1.82) is 0 Å². The number of nitrogens with zero attached hydrogens (tertiary/aromatic N) is 3. The van der Waals surface area contributed by atoms with Crippen LogP contribution in [-0.2, 0) is 0 Å². The number of aryl methyl sites for hydroxylation is 1. The van der Waals surface area contributed by atoms with Crippen LogP contribution in [0.5, 0.6) is 0 Å². The molecule has 1 fully saturated rings. The summed E-state index contributed by atoms with van der Waals surface area (Å²) in [6, 6.07) is 7.05. The third-order valence-electron chi connectivity index (χ3n) is 4.65. The topological polar surface area (TPSA) is 92.7 Å². The number of amides is 1. The largest absolute Gasteiger partial charge is 0.306 e. The number of aromatic amines is 1. The molecule has 1 aliphatic rings. The van der Waals surface area contributed by atoms with Crippen LogP contribution in [-0.4, -0.2) is 25.7 Å². The Hall–Kier alpha value is -3.29. The summed E-state index contributed by atoms with van der Waals surface area (Å²) in [4.78, 5) is 31.7. The first kappa shape index (κ1) is 17.1. The lowest BCUT2D eigenvalue weighted by Crippen LogP contribution is -2.20. The molecular formula is C19H18FN5O2. The SMILES string of the molecule is Cc1nc(-n2nc(C3CC3)cc2NC(=O)c2ccc(F)cc2)[nH]c(=O)c1C. The highest BCUT2D eigenvalue weighted by Gasteiger charge is 2.28. The molecule has 138 valence electrons. The molecule has 1 amide bonds. The van der Waals surface area contributed by atoms with Gasteiger partial charge in [0.15, 0.2) is 0 Å². The van der Waals surface area contributed by atoms with E-state index in [9.17, 15) is 14.0 Å². The molecule has 4 rings (SSSR count). The lowest BCUT2D eigenvalue weighted by molar-refractivity contribution is 0.102. The van der Waals surface area contributed by atoms with Crippen molar-refractivity contribution in [3.8, 4) is 5.95 Å². The molecule has 0 unspecified atom stereocenters. The molecule has 1 aliphatic carbocycles. The molecule has 0 spiro atoms. The fraction of sp³-hybridized carbons (Fsp3) is 0.263. The maximum atomic E-state index is 13.1. The van der Waals surface area contributed by atoms with Gasteiger partial charge in [0, 0.05) is 28.8 Å². The Kier molecular flexibility index (Phi) is 4.10. The molecule has 2 aromatic heterocycles. The van der Waals surface area contributed by atoms with Crippen molar-refractivity contribution in [2.24, 2.45) is 0 Å². The van der Waals surface area contributed by atoms with Crippen molar-refractivity contribution in [1.82, 2.24) is 19.7 Å². The van der Waals surface area contributed by atoms with E-state index in [1.165, 1.54) is 28.9 Å². The zero-order valence-electron chi connectivity index (χ0n) is 14.9. The van der Waals surface area contributed by atoms with E-state index in [1.807, 2.05) is 0 Å². The Bertz CT molecular complexity index is 1080. The average molecular weight is 367 g/mol. The number of carbonyl (C=O) groups is 1. The molecule has 0 aliphatic heterocycles. The van der Waals surface area contributed by atoms with Crippen LogP contribution in [0.1, 0.15) is 46.1 Å². The molecule has 1 aromatic carbocycles. The zero-order chi connectivity index (χ0) is 19.1. The second kappa shape index (κ2) is 6.46. The molecule has 8 heteroatoms. The van der Waals surface area contributed by atoms with E-state index in [2.05, 4.69) is 20.4 Å². The highest BCUT2D eigenvalue weighted by molar-refractivity contribution is 6.03. The van der Waals surface area contributed by atoms with Crippen LogP contribution >= 0.6 is 0 Å². The van der Waals surface area contributed by atoms with Gasteiger partial charge in [-0.15, -0.1) is 0 Å². The van der Waals surface area contributed by atoms with Gasteiger partial charge in [-0.1, -0.05) is 0 Å². The average Bonchev–Trinajstić information content (AvgIpc) is 3.41. The highest BCUT2D eigenvalue weighted by Crippen LogP contribution is 2.40. The summed E-state index contributed by atoms with van der Waals surface area (Å²) in [5.74, 6) is 0.183. The molecule has 2 heterocycles. The smallest absolute Gasteiger partial charge is 0.256 e. The Labute approximate surface area is 154 Å². The van der Waals surface area contributed by atoms with E-state index in [0.29, 0.717) is 28.6 Å². The Morgan fingerprint density at radius 2 is 1.96 bits per heavy atom. The van der Waals surface area contributed by atoms with E-state index in [1.54, 1.807) is 19.9 Å². The minimum absolute atomic E-state index is 0.240. The molecule has 0 bridgehead atoms. The van der Waals surface area contributed by atoms with Crippen molar-refractivity contribution in [2.75, 3.05) is 5.32 Å². The minimum atomic E-state index is -0.412. The van der Waals surface area contributed by atoms with Crippen LogP contribution in [0.3, 0.4) is 0 Å². The van der Waals surface area contributed by atoms with Crippen LogP contribution in [0.2, 0.25) is 0 Å². The molecule has 3 aromatic rings. The molecular weight excluding hydrogens is 349 g/mol. The molecule has 0 saturated heterocycles. The summed E-state index contributed by atoms with van der Waals surface area (Å²) in [6.07, 6.45) is 2.08. The van der Waals surface area contributed by atoms with Crippen molar-refractivity contribution in [3.05, 3.63) is 69.0 Å². The normalized spacial score (nSPS) is 13.6. The summed E-state index contributed by atoms with van der Waals surface area (Å²) < 4.78 is 14.5. The van der Waals surface area contributed by atoms with Gasteiger partial charge in [0.25, 0.3) is 11.5 Å². The molecule has 2 N–H and O–H groups in total. The van der Waals surface area contributed by atoms with E-state index in [-0.39, 0.29) is 11.5 Å². The summed E-state index contributed by atoms with van der Waals surface area (Å²) >= 11 is 0. The minimum Gasteiger partial charge on any atom is -0.306 e. The quantitative estimate of drug-likeness (QED) is 0.742. The monoisotopic (exact) mass is 367 g/mol. The standard InChI is InChI=1S/C19H18FN5O2/c1-10-11(2)21-19(23-17(10)26)25-16(9-15(24-25)12-3-4-12)22-18(27)13-5-7-14(20)8-6-13/h5-9,12H,3-4H2,1-2H3,(H,22,27)(H,21,23,26). The summed E-state index contributed by atoms with van der Waals surface area (Å²) in [5, 5.41) is 7.30. The van der Waals surface area contributed by atoms with E-state index in [4.69, 9.17) is 0 Å². The fourth-order valence-corrected chi connectivity index (χ4v) is 2.75. The number of aromatic nitrogens is 4. The van der Waals surface area contributed by atoms with Gasteiger partial charge in [0.1, 0.15) is 11.6 Å². The second-order valence-electron chi connectivity index (χ2n) is 6.70. The third-order valence-corrected chi connectivity index (χ3v) is 4.65. The molecule has 1 saturated carbocycles. The maximum absolute atomic E-state index is 13.1. The first-order valence-corrected chi connectivity index (χ1v) is 8.67. The van der Waals surface area contributed by atoms with Crippen molar-refractivity contribution in [3.63, 3.8) is 0 Å². The summed E-state index contributed by atoms with van der Waals surface area (Å²) in [5.41, 5.74) is 2.03. The second-order valence-corrected chi connectivity index (χ2v) is 6.70. The van der Waals surface area contributed by atoms with Crippen LogP contribution in [0.4, 0.5) is 10.2 Å². The van der Waals surface area contributed by atoms with E-state index in [0.717, 1.165) is 18.5 Å². The highest BCUT2D eigenvalue weighted by atomic mass is 19.1. The van der Waals surface area contributed by atoms with Gasteiger partial charge in [-0.05, 0) is 51.0 Å². The maximum Gasteiger partial charge on any atom is 0.256 e. The number of nitrogens with one attached hydrogen (secondary N) is 2. The summed E-state index contributed by atoms with van der Waals surface area (Å²) in [6.45, 7) is 3.44. The Balaban J connectivity index is 1.73. The van der Waals surface area contributed by atoms with Crippen LogP contribution in [0, 0.1) is 19.7 Å².